The minimum Gasteiger partial charge on any atom is -0.369 e. The molecule has 1 fully saturated rings. The van der Waals surface area contributed by atoms with Gasteiger partial charge in [-0.05, 0) is 56.2 Å². The van der Waals surface area contributed by atoms with Gasteiger partial charge in [-0.15, -0.1) is 0 Å². The summed E-state index contributed by atoms with van der Waals surface area (Å²) in [5.41, 5.74) is 6.42. The first-order valence-corrected chi connectivity index (χ1v) is 11.0. The second-order valence-electron chi connectivity index (χ2n) is 8.22. The van der Waals surface area contributed by atoms with Crippen molar-refractivity contribution in [1.82, 2.24) is 20.0 Å². The SMILES string of the molecule is Cc1cccc(N2CCN(CCNC(=O)c3cc(C)n(-c4ccccc4)n3)CC2)c1C. The zero-order chi connectivity index (χ0) is 21.8. The molecule has 1 aliphatic heterocycles. The minimum atomic E-state index is -0.119. The molecule has 1 amide bonds. The predicted molar refractivity (Wildman–Crippen MR) is 125 cm³/mol. The van der Waals surface area contributed by atoms with E-state index in [1.807, 2.05) is 43.3 Å². The predicted octanol–water partition coefficient (Wildman–Crippen LogP) is 3.35. The number of nitrogens with one attached hydrogen (secondary N) is 1. The third-order valence-corrected chi connectivity index (χ3v) is 6.12. The van der Waals surface area contributed by atoms with Gasteiger partial charge in [-0.1, -0.05) is 30.3 Å². The number of para-hydroxylation sites is 1. The van der Waals surface area contributed by atoms with Crippen molar-refractivity contribution in [2.75, 3.05) is 44.2 Å². The van der Waals surface area contributed by atoms with Crippen molar-refractivity contribution in [3.63, 3.8) is 0 Å². The Morgan fingerprint density at radius 2 is 1.71 bits per heavy atom. The van der Waals surface area contributed by atoms with Crippen LogP contribution >= 0.6 is 0 Å². The summed E-state index contributed by atoms with van der Waals surface area (Å²) in [5.74, 6) is -0.119. The minimum absolute atomic E-state index is 0.119. The molecule has 31 heavy (non-hydrogen) atoms. The highest BCUT2D eigenvalue weighted by atomic mass is 16.1. The first-order valence-electron chi connectivity index (χ1n) is 11.0. The van der Waals surface area contributed by atoms with Gasteiger partial charge in [0, 0.05) is 50.6 Å². The number of carbonyl (C=O) groups is 1. The van der Waals surface area contributed by atoms with Crippen LogP contribution in [0, 0.1) is 20.8 Å². The lowest BCUT2D eigenvalue weighted by Crippen LogP contribution is -2.48. The maximum absolute atomic E-state index is 12.6. The molecule has 6 nitrogen and oxygen atoms in total. The van der Waals surface area contributed by atoms with Crippen LogP contribution in [-0.2, 0) is 0 Å². The summed E-state index contributed by atoms with van der Waals surface area (Å²) in [5, 5.41) is 7.52. The maximum Gasteiger partial charge on any atom is 0.271 e. The van der Waals surface area contributed by atoms with E-state index in [1.165, 1.54) is 16.8 Å². The quantitative estimate of drug-likeness (QED) is 0.668. The summed E-state index contributed by atoms with van der Waals surface area (Å²) in [6.45, 7) is 11.8. The highest BCUT2D eigenvalue weighted by molar-refractivity contribution is 5.92. The Balaban J connectivity index is 1.26. The third-order valence-electron chi connectivity index (χ3n) is 6.12. The average Bonchev–Trinajstić information content (AvgIpc) is 3.18. The molecule has 1 aromatic heterocycles. The zero-order valence-electron chi connectivity index (χ0n) is 18.6. The van der Waals surface area contributed by atoms with Gasteiger partial charge in [-0.2, -0.15) is 5.10 Å². The fourth-order valence-corrected chi connectivity index (χ4v) is 4.12. The first kappa shape index (κ1) is 21.1. The van der Waals surface area contributed by atoms with Gasteiger partial charge in [0.25, 0.3) is 5.91 Å². The van der Waals surface area contributed by atoms with Crippen molar-refractivity contribution in [2.45, 2.75) is 20.8 Å². The topological polar surface area (TPSA) is 53.4 Å². The van der Waals surface area contributed by atoms with E-state index in [0.29, 0.717) is 12.2 Å². The number of nitrogens with zero attached hydrogens (tertiary/aromatic N) is 4. The van der Waals surface area contributed by atoms with Gasteiger partial charge in [0.15, 0.2) is 5.69 Å². The molecule has 1 aliphatic rings. The smallest absolute Gasteiger partial charge is 0.271 e. The van der Waals surface area contributed by atoms with E-state index in [0.717, 1.165) is 44.1 Å². The van der Waals surface area contributed by atoms with Crippen LogP contribution < -0.4 is 10.2 Å². The van der Waals surface area contributed by atoms with Gasteiger partial charge in [0.05, 0.1) is 5.69 Å². The normalized spacial score (nSPS) is 14.6. The summed E-state index contributed by atoms with van der Waals surface area (Å²) in [6, 6.07) is 18.2. The van der Waals surface area contributed by atoms with E-state index < -0.39 is 0 Å². The molecule has 6 heteroatoms. The highest BCUT2D eigenvalue weighted by Crippen LogP contribution is 2.23. The molecule has 0 unspecified atom stereocenters. The molecule has 2 aromatic carbocycles. The number of amides is 1. The summed E-state index contributed by atoms with van der Waals surface area (Å²) in [6.07, 6.45) is 0. The maximum atomic E-state index is 12.6. The lowest BCUT2D eigenvalue weighted by Gasteiger charge is -2.37. The van der Waals surface area contributed by atoms with Crippen LogP contribution in [0.15, 0.2) is 54.6 Å². The van der Waals surface area contributed by atoms with Crippen molar-refractivity contribution in [2.24, 2.45) is 0 Å². The Hall–Kier alpha value is -3.12. The number of hydrogen-bond acceptors (Lipinski definition) is 4. The summed E-state index contributed by atoms with van der Waals surface area (Å²) < 4.78 is 1.81. The molecule has 1 N–H and O–H groups in total. The van der Waals surface area contributed by atoms with Gasteiger partial charge in [-0.25, -0.2) is 4.68 Å². The number of anilines is 1. The van der Waals surface area contributed by atoms with Gasteiger partial charge in [-0.3, -0.25) is 9.69 Å². The van der Waals surface area contributed by atoms with E-state index in [-0.39, 0.29) is 5.91 Å². The lowest BCUT2D eigenvalue weighted by atomic mass is 10.1. The summed E-state index contributed by atoms with van der Waals surface area (Å²) in [4.78, 5) is 17.5. The fraction of sp³-hybridized carbons (Fsp3) is 0.360. The van der Waals surface area contributed by atoms with Crippen LogP contribution in [0.4, 0.5) is 5.69 Å². The molecule has 4 rings (SSSR count). The largest absolute Gasteiger partial charge is 0.369 e. The molecule has 0 radical (unpaired) electrons. The summed E-state index contributed by atoms with van der Waals surface area (Å²) in [7, 11) is 0. The number of rotatable bonds is 6. The third kappa shape index (κ3) is 4.80. The number of aryl methyl sites for hydroxylation is 2. The van der Waals surface area contributed by atoms with Crippen molar-refractivity contribution in [1.29, 1.82) is 0 Å². The van der Waals surface area contributed by atoms with Crippen LogP contribution in [0.2, 0.25) is 0 Å². The second kappa shape index (κ2) is 9.35. The van der Waals surface area contributed by atoms with Gasteiger partial charge in [0.1, 0.15) is 0 Å². The molecule has 0 bridgehead atoms. The Morgan fingerprint density at radius 3 is 2.45 bits per heavy atom. The molecule has 0 atom stereocenters. The lowest BCUT2D eigenvalue weighted by molar-refractivity contribution is 0.0942. The van der Waals surface area contributed by atoms with Crippen LogP contribution in [0.25, 0.3) is 5.69 Å². The zero-order valence-corrected chi connectivity index (χ0v) is 18.6. The van der Waals surface area contributed by atoms with Crippen LogP contribution in [0.5, 0.6) is 0 Å². The molecular formula is C25H31N5O. The highest BCUT2D eigenvalue weighted by Gasteiger charge is 2.19. The van der Waals surface area contributed by atoms with E-state index in [9.17, 15) is 4.79 Å². The van der Waals surface area contributed by atoms with Crippen molar-refractivity contribution in [3.8, 4) is 5.69 Å². The molecular weight excluding hydrogens is 386 g/mol. The Bertz CT molecular complexity index is 1040. The molecule has 0 saturated carbocycles. The molecule has 2 heterocycles. The Morgan fingerprint density at radius 1 is 0.968 bits per heavy atom. The van der Waals surface area contributed by atoms with Crippen molar-refractivity contribution < 1.29 is 4.79 Å². The van der Waals surface area contributed by atoms with Crippen LogP contribution in [0.1, 0.15) is 27.3 Å². The number of benzene rings is 2. The molecule has 162 valence electrons. The fourth-order valence-electron chi connectivity index (χ4n) is 4.12. The van der Waals surface area contributed by atoms with Gasteiger partial charge >= 0.3 is 0 Å². The number of hydrogen-bond donors (Lipinski definition) is 1. The molecule has 3 aromatic rings. The van der Waals surface area contributed by atoms with Crippen LogP contribution in [0.3, 0.4) is 0 Å². The van der Waals surface area contributed by atoms with Crippen molar-refractivity contribution in [3.05, 3.63) is 77.1 Å². The molecule has 0 aliphatic carbocycles. The van der Waals surface area contributed by atoms with Crippen molar-refractivity contribution >= 4 is 11.6 Å². The van der Waals surface area contributed by atoms with Crippen LogP contribution in [-0.4, -0.2) is 59.9 Å². The van der Waals surface area contributed by atoms with E-state index in [2.05, 4.69) is 52.3 Å². The monoisotopic (exact) mass is 417 g/mol. The average molecular weight is 418 g/mol. The van der Waals surface area contributed by atoms with E-state index in [4.69, 9.17) is 0 Å². The molecule has 0 spiro atoms. The Kier molecular flexibility index (Phi) is 6.37. The van der Waals surface area contributed by atoms with E-state index in [1.54, 1.807) is 4.68 Å². The molecule has 1 saturated heterocycles. The standard InChI is InChI=1S/C25H31N5O/c1-19-8-7-11-24(21(19)3)29-16-14-28(15-17-29)13-12-26-25(31)23-18-20(2)30(27-23)22-9-5-4-6-10-22/h4-11,18H,12-17H2,1-3H3,(H,26,31). The first-order chi connectivity index (χ1) is 15.0. The number of carbonyl (C=O) groups excluding carboxylic acids is 1. The second-order valence-corrected chi connectivity index (χ2v) is 8.22. The number of piperazine rings is 1. The van der Waals surface area contributed by atoms with E-state index >= 15 is 0 Å². The summed E-state index contributed by atoms with van der Waals surface area (Å²) >= 11 is 0. The van der Waals surface area contributed by atoms with Gasteiger partial charge < -0.3 is 10.2 Å². The number of aromatic nitrogens is 2. The Labute approximate surface area is 184 Å². The van der Waals surface area contributed by atoms with Gasteiger partial charge in [0.2, 0.25) is 0 Å².